The quantitative estimate of drug-likeness (QED) is 0.778. The lowest BCUT2D eigenvalue weighted by Crippen LogP contribution is -2.23. The number of unbranched alkanes of at least 4 members (excludes halogenated alkanes) is 1. The molecule has 80 valence electrons. The molecule has 0 aliphatic rings. The van der Waals surface area contributed by atoms with Crippen LogP contribution in [-0.2, 0) is 13.5 Å². The lowest BCUT2D eigenvalue weighted by molar-refractivity contribution is 0.552. The predicted molar refractivity (Wildman–Crippen MR) is 59.1 cm³/mol. The molecule has 0 radical (unpaired) electrons. The molecule has 2 N–H and O–H groups in total. The van der Waals surface area contributed by atoms with E-state index in [1.807, 2.05) is 18.7 Å². The number of rotatable bonds is 5. The molecule has 0 fully saturated rings. The molecule has 1 rings (SSSR count). The molecule has 14 heavy (non-hydrogen) atoms. The van der Waals surface area contributed by atoms with Crippen LogP contribution in [0.3, 0.4) is 0 Å². The van der Waals surface area contributed by atoms with Crippen molar-refractivity contribution in [2.45, 2.75) is 45.6 Å². The first-order chi connectivity index (χ1) is 6.63. The van der Waals surface area contributed by atoms with Gasteiger partial charge in [0.1, 0.15) is 0 Å². The smallest absolute Gasteiger partial charge is 0.0596 e. The Morgan fingerprint density at radius 1 is 1.57 bits per heavy atom. The molecule has 1 heterocycles. The molecule has 1 atom stereocenters. The maximum absolute atomic E-state index is 6.03. The van der Waals surface area contributed by atoms with E-state index < -0.39 is 0 Å². The molecule has 1 aromatic heterocycles. The van der Waals surface area contributed by atoms with Gasteiger partial charge in [-0.1, -0.05) is 19.8 Å². The molecular formula is C11H21N3. The second-order valence-electron chi connectivity index (χ2n) is 4.01. The topological polar surface area (TPSA) is 43.8 Å². The highest BCUT2D eigenvalue weighted by Crippen LogP contribution is 2.08. The summed E-state index contributed by atoms with van der Waals surface area (Å²) in [6.07, 6.45) is 4.49. The summed E-state index contributed by atoms with van der Waals surface area (Å²) in [5.74, 6) is 0. The lowest BCUT2D eigenvalue weighted by Gasteiger charge is -2.10. The largest absolute Gasteiger partial charge is 0.327 e. The van der Waals surface area contributed by atoms with Crippen molar-refractivity contribution in [3.8, 4) is 0 Å². The predicted octanol–water partition coefficient (Wildman–Crippen LogP) is 1.79. The average molecular weight is 195 g/mol. The van der Waals surface area contributed by atoms with Crippen molar-refractivity contribution in [2.75, 3.05) is 0 Å². The van der Waals surface area contributed by atoms with E-state index in [1.54, 1.807) is 0 Å². The summed E-state index contributed by atoms with van der Waals surface area (Å²) in [5.41, 5.74) is 8.34. The van der Waals surface area contributed by atoms with Crippen molar-refractivity contribution in [2.24, 2.45) is 12.8 Å². The van der Waals surface area contributed by atoms with Crippen LogP contribution in [0.5, 0.6) is 0 Å². The van der Waals surface area contributed by atoms with Crippen molar-refractivity contribution in [1.29, 1.82) is 0 Å². The Bertz CT molecular complexity index is 278. The van der Waals surface area contributed by atoms with E-state index >= 15 is 0 Å². The van der Waals surface area contributed by atoms with E-state index in [2.05, 4.69) is 18.1 Å². The maximum atomic E-state index is 6.03. The molecule has 0 saturated carbocycles. The fourth-order valence-electron chi connectivity index (χ4n) is 1.69. The van der Waals surface area contributed by atoms with E-state index in [1.165, 1.54) is 18.5 Å². The normalized spacial score (nSPS) is 13.1. The molecule has 0 aliphatic carbocycles. The van der Waals surface area contributed by atoms with Crippen LogP contribution in [0.2, 0.25) is 0 Å². The third kappa shape index (κ3) is 3.14. The van der Waals surface area contributed by atoms with Gasteiger partial charge < -0.3 is 5.73 Å². The van der Waals surface area contributed by atoms with Gasteiger partial charge in [0.2, 0.25) is 0 Å². The van der Waals surface area contributed by atoms with Gasteiger partial charge >= 0.3 is 0 Å². The van der Waals surface area contributed by atoms with Crippen LogP contribution in [0.1, 0.15) is 37.6 Å². The molecule has 0 bridgehead atoms. The SMILES string of the molecule is CCCCC(N)Cc1cc(C)nn1C. The summed E-state index contributed by atoms with van der Waals surface area (Å²) in [4.78, 5) is 0. The van der Waals surface area contributed by atoms with Crippen molar-refractivity contribution in [3.05, 3.63) is 17.5 Å². The monoisotopic (exact) mass is 195 g/mol. The Kier molecular flexibility index (Phi) is 4.14. The highest BCUT2D eigenvalue weighted by Gasteiger charge is 2.07. The molecule has 0 amide bonds. The number of nitrogens with zero attached hydrogens (tertiary/aromatic N) is 2. The van der Waals surface area contributed by atoms with E-state index in [0.717, 1.165) is 18.5 Å². The van der Waals surface area contributed by atoms with Crippen LogP contribution in [0.25, 0.3) is 0 Å². The first-order valence-electron chi connectivity index (χ1n) is 5.38. The average Bonchev–Trinajstić information content (AvgIpc) is 2.42. The third-order valence-corrected chi connectivity index (χ3v) is 2.50. The molecule has 0 saturated heterocycles. The van der Waals surface area contributed by atoms with Gasteiger partial charge in [0.25, 0.3) is 0 Å². The van der Waals surface area contributed by atoms with Crippen molar-refractivity contribution in [3.63, 3.8) is 0 Å². The molecule has 0 aliphatic heterocycles. The molecule has 3 nitrogen and oxygen atoms in total. The van der Waals surface area contributed by atoms with E-state index in [4.69, 9.17) is 5.73 Å². The fraction of sp³-hybridized carbons (Fsp3) is 0.727. The maximum Gasteiger partial charge on any atom is 0.0596 e. The molecule has 0 spiro atoms. The van der Waals surface area contributed by atoms with Crippen molar-refractivity contribution in [1.82, 2.24) is 9.78 Å². The lowest BCUT2D eigenvalue weighted by atomic mass is 10.1. The van der Waals surface area contributed by atoms with Gasteiger partial charge in [0.15, 0.2) is 0 Å². The third-order valence-electron chi connectivity index (χ3n) is 2.50. The van der Waals surface area contributed by atoms with Crippen molar-refractivity contribution >= 4 is 0 Å². The van der Waals surface area contributed by atoms with Gasteiger partial charge in [-0.05, 0) is 19.4 Å². The Balaban J connectivity index is 2.47. The van der Waals surface area contributed by atoms with Crippen LogP contribution >= 0.6 is 0 Å². The van der Waals surface area contributed by atoms with Gasteiger partial charge in [0, 0.05) is 25.2 Å². The van der Waals surface area contributed by atoms with Crippen LogP contribution in [0.4, 0.5) is 0 Å². The van der Waals surface area contributed by atoms with Gasteiger partial charge in [-0.15, -0.1) is 0 Å². The Morgan fingerprint density at radius 2 is 2.29 bits per heavy atom. The zero-order chi connectivity index (χ0) is 10.6. The molecular weight excluding hydrogens is 174 g/mol. The first kappa shape index (κ1) is 11.2. The second-order valence-corrected chi connectivity index (χ2v) is 4.01. The number of nitrogens with two attached hydrogens (primary N) is 1. The van der Waals surface area contributed by atoms with E-state index in [0.29, 0.717) is 0 Å². The molecule has 1 aromatic rings. The van der Waals surface area contributed by atoms with Crippen molar-refractivity contribution < 1.29 is 0 Å². The minimum Gasteiger partial charge on any atom is -0.327 e. The second kappa shape index (κ2) is 5.15. The number of aryl methyl sites for hydroxylation is 2. The van der Waals surface area contributed by atoms with Gasteiger partial charge in [0.05, 0.1) is 5.69 Å². The van der Waals surface area contributed by atoms with Crippen LogP contribution < -0.4 is 5.73 Å². The highest BCUT2D eigenvalue weighted by atomic mass is 15.3. The Hall–Kier alpha value is -0.830. The van der Waals surface area contributed by atoms with Gasteiger partial charge in [-0.2, -0.15) is 5.10 Å². The summed E-state index contributed by atoms with van der Waals surface area (Å²) in [7, 11) is 1.98. The number of aromatic nitrogens is 2. The van der Waals surface area contributed by atoms with Crippen LogP contribution in [0.15, 0.2) is 6.07 Å². The van der Waals surface area contributed by atoms with E-state index in [9.17, 15) is 0 Å². The zero-order valence-corrected chi connectivity index (χ0v) is 9.45. The van der Waals surface area contributed by atoms with Gasteiger partial charge in [-0.25, -0.2) is 0 Å². The highest BCUT2D eigenvalue weighted by molar-refractivity contribution is 5.09. The first-order valence-corrected chi connectivity index (χ1v) is 5.38. The number of hydrogen-bond donors (Lipinski definition) is 1. The molecule has 3 heteroatoms. The van der Waals surface area contributed by atoms with Crippen LogP contribution in [-0.4, -0.2) is 15.8 Å². The minimum atomic E-state index is 0.282. The fourth-order valence-corrected chi connectivity index (χ4v) is 1.69. The Morgan fingerprint density at radius 3 is 2.79 bits per heavy atom. The van der Waals surface area contributed by atoms with Gasteiger partial charge in [-0.3, -0.25) is 4.68 Å². The minimum absolute atomic E-state index is 0.282. The summed E-state index contributed by atoms with van der Waals surface area (Å²) < 4.78 is 1.93. The Labute approximate surface area is 86.3 Å². The molecule has 0 aromatic carbocycles. The molecule has 1 unspecified atom stereocenters. The summed E-state index contributed by atoms with van der Waals surface area (Å²) in [6.45, 7) is 4.21. The zero-order valence-electron chi connectivity index (χ0n) is 9.45. The standard InChI is InChI=1S/C11H21N3/c1-4-5-6-10(12)8-11-7-9(2)13-14(11)3/h7,10H,4-6,8,12H2,1-3H3. The summed E-state index contributed by atoms with van der Waals surface area (Å²) in [6, 6.07) is 2.40. The summed E-state index contributed by atoms with van der Waals surface area (Å²) in [5, 5.41) is 4.31. The summed E-state index contributed by atoms with van der Waals surface area (Å²) >= 11 is 0. The van der Waals surface area contributed by atoms with Crippen LogP contribution in [0, 0.1) is 6.92 Å². The van der Waals surface area contributed by atoms with E-state index in [-0.39, 0.29) is 6.04 Å². The number of hydrogen-bond acceptors (Lipinski definition) is 2.